The smallest absolute Gasteiger partial charge is 0.321 e. The predicted molar refractivity (Wildman–Crippen MR) is 75.7 cm³/mol. The topological polar surface area (TPSA) is 67.9 Å². The first-order valence-corrected chi connectivity index (χ1v) is 6.86. The predicted octanol–water partition coefficient (Wildman–Crippen LogP) is 2.72. The lowest BCUT2D eigenvalue weighted by molar-refractivity contribution is -0.144. The maximum Gasteiger partial charge on any atom is 0.321 e. The van der Waals surface area contributed by atoms with Crippen LogP contribution in [-0.2, 0) is 16.0 Å². The van der Waals surface area contributed by atoms with Crippen molar-refractivity contribution >= 4 is 17.6 Å². The Morgan fingerprint density at radius 2 is 2.05 bits per heavy atom. The van der Waals surface area contributed by atoms with Gasteiger partial charge in [0.15, 0.2) is 5.82 Å². The van der Waals surface area contributed by atoms with E-state index in [2.05, 4.69) is 15.2 Å². The maximum absolute atomic E-state index is 12.2. The fourth-order valence-corrected chi connectivity index (χ4v) is 1.99. The van der Waals surface area contributed by atoms with Gasteiger partial charge in [-0.2, -0.15) is 5.10 Å². The molecule has 1 heterocycles. The number of carbonyl (C=O) groups excluding carboxylic acids is 1. The van der Waals surface area contributed by atoms with Crippen molar-refractivity contribution in [3.8, 4) is 0 Å². The summed E-state index contributed by atoms with van der Waals surface area (Å²) < 4.78 is 5.12. The summed E-state index contributed by atoms with van der Waals surface area (Å²) in [5.74, 6) is 0.158. The van der Waals surface area contributed by atoms with Gasteiger partial charge in [0.1, 0.15) is 11.7 Å². The molecule has 5 nitrogen and oxygen atoms in total. The van der Waals surface area contributed by atoms with Crippen LogP contribution < -0.4 is 0 Å². The molecule has 0 fully saturated rings. The lowest BCUT2D eigenvalue weighted by Crippen LogP contribution is -2.18. The van der Waals surface area contributed by atoms with Gasteiger partial charge >= 0.3 is 5.97 Å². The molecule has 0 spiro atoms. The Kier molecular flexibility index (Phi) is 4.74. The number of aromatic nitrogens is 3. The van der Waals surface area contributed by atoms with E-state index in [4.69, 9.17) is 16.3 Å². The van der Waals surface area contributed by atoms with Gasteiger partial charge in [-0.25, -0.2) is 4.98 Å². The van der Waals surface area contributed by atoms with Crippen LogP contribution in [0.1, 0.15) is 37.0 Å². The molecule has 0 radical (unpaired) electrons. The van der Waals surface area contributed by atoms with E-state index in [1.54, 1.807) is 31.2 Å². The number of hydrogen-bond donors (Lipinski definition) is 1. The van der Waals surface area contributed by atoms with E-state index in [9.17, 15) is 4.79 Å². The van der Waals surface area contributed by atoms with E-state index in [0.717, 1.165) is 17.8 Å². The van der Waals surface area contributed by atoms with Crippen LogP contribution in [-0.4, -0.2) is 27.8 Å². The first kappa shape index (κ1) is 14.5. The molecule has 0 amide bonds. The second-order valence-electron chi connectivity index (χ2n) is 4.23. The average Bonchev–Trinajstić information content (AvgIpc) is 2.90. The molecule has 20 heavy (non-hydrogen) atoms. The highest BCUT2D eigenvalue weighted by atomic mass is 35.5. The lowest BCUT2D eigenvalue weighted by atomic mass is 9.98. The number of carbonyl (C=O) groups is 1. The molecule has 0 aliphatic carbocycles. The third-order valence-corrected chi connectivity index (χ3v) is 3.12. The van der Waals surface area contributed by atoms with Crippen molar-refractivity contribution in [1.82, 2.24) is 15.2 Å². The van der Waals surface area contributed by atoms with E-state index in [1.165, 1.54) is 0 Å². The number of nitrogens with zero attached hydrogens (tertiary/aromatic N) is 2. The number of aromatic amines is 1. The fraction of sp³-hybridized carbons (Fsp3) is 0.357. The standard InChI is InChI=1S/C14H16ClN3O2/c1-3-11-16-13(18-17-11)12(14(19)20-4-2)9-5-7-10(15)8-6-9/h5-8,12H,3-4H2,1-2H3,(H,16,17,18). The van der Waals surface area contributed by atoms with Crippen molar-refractivity contribution in [2.45, 2.75) is 26.2 Å². The van der Waals surface area contributed by atoms with E-state index < -0.39 is 5.92 Å². The van der Waals surface area contributed by atoms with Gasteiger partial charge in [-0.05, 0) is 24.6 Å². The summed E-state index contributed by atoms with van der Waals surface area (Å²) in [5, 5.41) is 7.55. The van der Waals surface area contributed by atoms with Crippen LogP contribution >= 0.6 is 11.6 Å². The van der Waals surface area contributed by atoms with Crippen molar-refractivity contribution in [1.29, 1.82) is 0 Å². The number of benzene rings is 1. The lowest BCUT2D eigenvalue weighted by Gasteiger charge is -2.12. The van der Waals surface area contributed by atoms with Crippen molar-refractivity contribution < 1.29 is 9.53 Å². The highest BCUT2D eigenvalue weighted by Crippen LogP contribution is 2.25. The summed E-state index contributed by atoms with van der Waals surface area (Å²) in [4.78, 5) is 16.5. The summed E-state index contributed by atoms with van der Waals surface area (Å²) in [6, 6.07) is 7.03. The molecule has 1 unspecified atom stereocenters. The molecule has 1 N–H and O–H groups in total. The second-order valence-corrected chi connectivity index (χ2v) is 4.67. The van der Waals surface area contributed by atoms with Crippen molar-refractivity contribution in [2.24, 2.45) is 0 Å². The molecule has 2 rings (SSSR count). The summed E-state index contributed by atoms with van der Waals surface area (Å²) in [6.07, 6.45) is 0.725. The molecule has 0 aliphatic heterocycles. The summed E-state index contributed by atoms with van der Waals surface area (Å²) in [5.41, 5.74) is 0.759. The first-order chi connectivity index (χ1) is 9.65. The molecule has 1 atom stereocenters. The van der Waals surface area contributed by atoms with Crippen molar-refractivity contribution in [3.63, 3.8) is 0 Å². The van der Waals surface area contributed by atoms with E-state index in [-0.39, 0.29) is 5.97 Å². The zero-order valence-electron chi connectivity index (χ0n) is 11.4. The zero-order chi connectivity index (χ0) is 14.5. The minimum absolute atomic E-state index is 0.313. The highest BCUT2D eigenvalue weighted by molar-refractivity contribution is 6.30. The summed E-state index contributed by atoms with van der Waals surface area (Å²) >= 11 is 5.88. The molecule has 1 aromatic heterocycles. The van der Waals surface area contributed by atoms with E-state index in [1.807, 2.05) is 6.92 Å². The van der Waals surface area contributed by atoms with Crippen molar-refractivity contribution in [3.05, 3.63) is 46.5 Å². The van der Waals surface area contributed by atoms with Crippen molar-refractivity contribution in [2.75, 3.05) is 6.61 Å². The molecule has 0 aliphatic rings. The quantitative estimate of drug-likeness (QED) is 0.861. The largest absolute Gasteiger partial charge is 0.465 e. The van der Waals surface area contributed by atoms with Gasteiger partial charge in [-0.3, -0.25) is 9.89 Å². The highest BCUT2D eigenvalue weighted by Gasteiger charge is 2.28. The normalized spacial score (nSPS) is 12.2. The number of rotatable bonds is 5. The minimum atomic E-state index is -0.635. The Balaban J connectivity index is 2.38. The third kappa shape index (κ3) is 3.17. The molecular weight excluding hydrogens is 278 g/mol. The molecule has 106 valence electrons. The Labute approximate surface area is 122 Å². The van der Waals surface area contributed by atoms with Crippen LogP contribution in [0.2, 0.25) is 5.02 Å². The Morgan fingerprint density at radius 3 is 2.60 bits per heavy atom. The van der Waals surface area contributed by atoms with Gasteiger partial charge in [-0.1, -0.05) is 30.7 Å². The minimum Gasteiger partial charge on any atom is -0.465 e. The Bertz CT molecular complexity index is 580. The Hall–Kier alpha value is -1.88. The molecule has 0 saturated heterocycles. The monoisotopic (exact) mass is 293 g/mol. The van der Waals surface area contributed by atoms with Gasteiger partial charge in [0.25, 0.3) is 0 Å². The van der Waals surface area contributed by atoms with Crippen LogP contribution in [0.4, 0.5) is 0 Å². The second kappa shape index (κ2) is 6.52. The van der Waals surface area contributed by atoms with Gasteiger partial charge in [0.05, 0.1) is 6.61 Å². The van der Waals surface area contributed by atoms with E-state index >= 15 is 0 Å². The van der Waals surface area contributed by atoms with Gasteiger partial charge in [-0.15, -0.1) is 0 Å². The molecular formula is C14H16ClN3O2. The number of ether oxygens (including phenoxy) is 1. The van der Waals surface area contributed by atoms with Crippen LogP contribution in [0.3, 0.4) is 0 Å². The number of H-pyrrole nitrogens is 1. The number of nitrogens with one attached hydrogen (secondary N) is 1. The van der Waals surface area contributed by atoms with Crippen LogP contribution in [0, 0.1) is 0 Å². The molecule has 0 bridgehead atoms. The fourth-order valence-electron chi connectivity index (χ4n) is 1.87. The summed E-state index contributed by atoms with van der Waals surface area (Å²) in [7, 11) is 0. The van der Waals surface area contributed by atoms with Crippen LogP contribution in [0.5, 0.6) is 0 Å². The molecule has 2 aromatic rings. The maximum atomic E-state index is 12.2. The van der Waals surface area contributed by atoms with Crippen LogP contribution in [0.25, 0.3) is 0 Å². The van der Waals surface area contributed by atoms with Crippen LogP contribution in [0.15, 0.2) is 24.3 Å². The van der Waals surface area contributed by atoms with E-state index in [0.29, 0.717) is 17.5 Å². The van der Waals surface area contributed by atoms with Gasteiger partial charge < -0.3 is 4.74 Å². The Morgan fingerprint density at radius 1 is 1.35 bits per heavy atom. The summed E-state index contributed by atoms with van der Waals surface area (Å²) in [6.45, 7) is 4.05. The molecule has 1 aromatic carbocycles. The third-order valence-electron chi connectivity index (χ3n) is 2.87. The number of hydrogen-bond acceptors (Lipinski definition) is 4. The molecule has 6 heteroatoms. The number of halogens is 1. The SMILES string of the molecule is CCOC(=O)C(c1ccc(Cl)cc1)c1n[nH]c(CC)n1. The number of aryl methyl sites for hydroxylation is 1. The van der Waals surface area contributed by atoms with Gasteiger partial charge in [0.2, 0.25) is 0 Å². The average molecular weight is 294 g/mol. The van der Waals surface area contributed by atoms with Gasteiger partial charge in [0, 0.05) is 11.4 Å². The zero-order valence-corrected chi connectivity index (χ0v) is 12.1. The molecule has 0 saturated carbocycles. The number of esters is 1. The first-order valence-electron chi connectivity index (χ1n) is 6.49.